The smallest absolute Gasteiger partial charge is 0.748 e. The first-order valence-electron chi connectivity index (χ1n) is 18.3. The molecule has 9 heteroatoms. The third-order valence-corrected chi connectivity index (χ3v) is 9.39. The Hall–Kier alpha value is -0.0766. The van der Waals surface area contributed by atoms with E-state index >= 15 is 0 Å². The molecule has 0 rings (SSSR count). The molecule has 0 heterocycles. The average Bonchev–Trinajstić information content (AvgIpc) is 2.96. The van der Waals surface area contributed by atoms with E-state index in [-0.39, 0.29) is 31.0 Å². The van der Waals surface area contributed by atoms with Crippen molar-refractivity contribution >= 4 is 20.2 Å². The maximum Gasteiger partial charge on any atom is 2.00 e. The molecular formula is C36H70O6S2Zn. The van der Waals surface area contributed by atoms with Gasteiger partial charge < -0.3 is 9.11 Å². The molecule has 0 saturated heterocycles. The van der Waals surface area contributed by atoms with Crippen LogP contribution in [0.5, 0.6) is 0 Å². The van der Waals surface area contributed by atoms with E-state index in [0.717, 1.165) is 51.4 Å². The van der Waals surface area contributed by atoms with E-state index in [9.17, 15) is 25.9 Å². The van der Waals surface area contributed by atoms with Gasteiger partial charge in [0.15, 0.2) is 0 Å². The molecular weight excluding hydrogens is 658 g/mol. The Morgan fingerprint density at radius 3 is 0.778 bits per heavy atom. The summed E-state index contributed by atoms with van der Waals surface area (Å²) in [6.07, 6.45) is 42.2. The molecule has 0 spiro atoms. The fourth-order valence-electron chi connectivity index (χ4n) is 5.05. The number of allylic oxidation sites excluding steroid dienone is 4. The van der Waals surface area contributed by atoms with Gasteiger partial charge in [0.2, 0.25) is 0 Å². The summed E-state index contributed by atoms with van der Waals surface area (Å²) >= 11 is 0. The molecule has 6 nitrogen and oxygen atoms in total. The molecule has 0 amide bonds. The Kier molecular flexibility index (Phi) is 42.0. The minimum atomic E-state index is -4.00. The molecule has 0 atom stereocenters. The van der Waals surface area contributed by atoms with Gasteiger partial charge in [-0.15, -0.1) is 0 Å². The van der Waals surface area contributed by atoms with Crippen LogP contribution in [0, 0.1) is 0 Å². The minimum Gasteiger partial charge on any atom is -0.748 e. The van der Waals surface area contributed by atoms with Crippen molar-refractivity contribution in [3.8, 4) is 0 Å². The summed E-state index contributed by atoms with van der Waals surface area (Å²) in [4.78, 5) is 0. The summed E-state index contributed by atoms with van der Waals surface area (Å²) in [5.74, 6) is -0.400. The van der Waals surface area contributed by atoms with Gasteiger partial charge >= 0.3 is 19.5 Å². The van der Waals surface area contributed by atoms with Gasteiger partial charge in [0.05, 0.1) is 20.2 Å². The minimum absolute atomic E-state index is 0. The Labute approximate surface area is 293 Å². The van der Waals surface area contributed by atoms with Crippen molar-refractivity contribution in [2.45, 2.75) is 194 Å². The van der Waals surface area contributed by atoms with Crippen LogP contribution in [0.2, 0.25) is 0 Å². The van der Waals surface area contributed by atoms with E-state index in [1.807, 2.05) is 0 Å². The fourth-order valence-corrected chi connectivity index (χ4v) is 6.17. The summed E-state index contributed by atoms with van der Waals surface area (Å²) in [7, 11) is -8.01. The Morgan fingerprint density at radius 1 is 0.356 bits per heavy atom. The number of hydrogen-bond acceptors (Lipinski definition) is 6. The van der Waals surface area contributed by atoms with E-state index in [1.165, 1.54) is 116 Å². The van der Waals surface area contributed by atoms with Gasteiger partial charge in [-0.05, 0) is 64.2 Å². The molecule has 264 valence electrons. The third-order valence-electron chi connectivity index (χ3n) is 7.81. The molecule has 0 aliphatic rings. The molecule has 0 aromatic rings. The van der Waals surface area contributed by atoms with Gasteiger partial charge in [0.25, 0.3) is 0 Å². The molecule has 0 bridgehead atoms. The first kappa shape index (κ1) is 49.3. The van der Waals surface area contributed by atoms with Crippen LogP contribution in [-0.4, -0.2) is 37.4 Å². The van der Waals surface area contributed by atoms with Crippen LogP contribution in [0.3, 0.4) is 0 Å². The van der Waals surface area contributed by atoms with Crippen LogP contribution in [0.1, 0.15) is 194 Å². The SMILES string of the molecule is CCCCCCCC/C=C\CCCCCCCCS(=O)(=O)[O-].CCCCCCCC/C=C\CCCCCCCCS(=O)(=O)[O-].[Zn+2]. The van der Waals surface area contributed by atoms with Crippen LogP contribution in [0.4, 0.5) is 0 Å². The van der Waals surface area contributed by atoms with Gasteiger partial charge in [-0.2, -0.15) is 0 Å². The number of hydrogen-bond donors (Lipinski definition) is 0. The van der Waals surface area contributed by atoms with Crippen molar-refractivity contribution in [3.63, 3.8) is 0 Å². The summed E-state index contributed by atoms with van der Waals surface area (Å²) in [5.41, 5.74) is 0. The zero-order valence-corrected chi connectivity index (χ0v) is 34.1. The van der Waals surface area contributed by atoms with Crippen LogP contribution in [-0.2, 0) is 39.7 Å². The largest absolute Gasteiger partial charge is 2.00 e. The molecule has 0 fully saturated rings. The molecule has 0 aromatic carbocycles. The summed E-state index contributed by atoms with van der Waals surface area (Å²) in [5, 5.41) is 0. The molecule has 0 aromatic heterocycles. The summed E-state index contributed by atoms with van der Waals surface area (Å²) in [6, 6.07) is 0. The molecule has 0 aliphatic heterocycles. The second kappa shape index (κ2) is 38.4. The molecule has 45 heavy (non-hydrogen) atoms. The van der Waals surface area contributed by atoms with Crippen molar-refractivity contribution in [3.05, 3.63) is 24.3 Å². The number of rotatable bonds is 32. The topological polar surface area (TPSA) is 114 Å². The van der Waals surface area contributed by atoms with Crippen LogP contribution in [0.15, 0.2) is 24.3 Å². The fraction of sp³-hybridized carbons (Fsp3) is 0.889. The van der Waals surface area contributed by atoms with Crippen LogP contribution < -0.4 is 0 Å². The second-order valence-corrected chi connectivity index (χ2v) is 15.4. The monoisotopic (exact) mass is 726 g/mol. The Morgan fingerprint density at radius 2 is 0.556 bits per heavy atom. The second-order valence-electron chi connectivity index (χ2n) is 12.4. The van der Waals surface area contributed by atoms with Crippen molar-refractivity contribution in [2.75, 3.05) is 11.5 Å². The molecule has 0 aliphatic carbocycles. The van der Waals surface area contributed by atoms with Gasteiger partial charge in [-0.1, -0.05) is 154 Å². The maximum absolute atomic E-state index is 10.4. The predicted molar refractivity (Wildman–Crippen MR) is 188 cm³/mol. The van der Waals surface area contributed by atoms with E-state index in [0.29, 0.717) is 12.8 Å². The first-order chi connectivity index (χ1) is 21.1. The van der Waals surface area contributed by atoms with Gasteiger partial charge in [0.1, 0.15) is 0 Å². The zero-order valence-electron chi connectivity index (χ0n) is 29.5. The zero-order chi connectivity index (χ0) is 33.0. The average molecular weight is 728 g/mol. The normalized spacial score (nSPS) is 12.0. The predicted octanol–water partition coefficient (Wildman–Crippen LogP) is 11.1. The van der Waals surface area contributed by atoms with Crippen molar-refractivity contribution in [2.24, 2.45) is 0 Å². The summed E-state index contributed by atoms with van der Waals surface area (Å²) in [6.45, 7) is 4.50. The van der Waals surface area contributed by atoms with Crippen LogP contribution >= 0.6 is 0 Å². The van der Waals surface area contributed by atoms with E-state index in [2.05, 4.69) is 38.2 Å². The van der Waals surface area contributed by atoms with Crippen LogP contribution in [0.25, 0.3) is 0 Å². The number of unbranched alkanes of at least 4 members (excludes halogenated alkanes) is 24. The molecule has 0 radical (unpaired) electrons. The van der Waals surface area contributed by atoms with Gasteiger partial charge in [-0.25, -0.2) is 16.8 Å². The Bertz CT molecular complexity index is 772. The van der Waals surface area contributed by atoms with Gasteiger partial charge in [-0.3, -0.25) is 0 Å². The van der Waals surface area contributed by atoms with Crippen molar-refractivity contribution in [1.29, 1.82) is 0 Å². The van der Waals surface area contributed by atoms with E-state index < -0.39 is 20.2 Å². The Balaban J connectivity index is -0.000000767. The third kappa shape index (κ3) is 53.7. The quantitative estimate of drug-likeness (QED) is 0.0295. The van der Waals surface area contributed by atoms with Crippen molar-refractivity contribution in [1.82, 2.24) is 0 Å². The van der Waals surface area contributed by atoms with E-state index in [1.54, 1.807) is 0 Å². The maximum atomic E-state index is 10.4. The standard InChI is InChI=1S/2C18H36O3S.Zn/c2*1-2-3-4-5-6-7-8-9-10-11-12-13-14-15-16-17-18-22(19,20)21;/h2*9-10H,2-8,11-18H2,1H3,(H,19,20,21);/q;;+2/p-2/b2*10-9-;. The molecule has 0 N–H and O–H groups in total. The first-order valence-corrected chi connectivity index (χ1v) is 21.4. The molecule has 0 unspecified atom stereocenters. The van der Waals surface area contributed by atoms with Crippen molar-refractivity contribution < 1.29 is 45.4 Å². The van der Waals surface area contributed by atoms with Gasteiger partial charge in [0, 0.05) is 11.5 Å². The van der Waals surface area contributed by atoms with E-state index in [4.69, 9.17) is 0 Å². The summed E-state index contributed by atoms with van der Waals surface area (Å²) < 4.78 is 62.5. The molecule has 0 saturated carbocycles.